The Balaban J connectivity index is 1.12. The van der Waals surface area contributed by atoms with E-state index in [1.165, 1.54) is 21.9 Å². The number of benzene rings is 3. The Kier molecular flexibility index (Phi) is 8.57. The summed E-state index contributed by atoms with van der Waals surface area (Å²) in [5, 5.41) is 2.42. The maximum Gasteiger partial charge on any atom is 0.246 e. The molecule has 0 bridgehead atoms. The highest BCUT2D eigenvalue weighted by molar-refractivity contribution is 6.20. The number of nitrogens with zero attached hydrogens (tertiary/aromatic N) is 2. The maximum absolute atomic E-state index is 12.5. The van der Waals surface area contributed by atoms with Crippen LogP contribution in [0.2, 0.25) is 0 Å². The lowest BCUT2D eigenvalue weighted by molar-refractivity contribution is -0.129. The molecule has 3 aromatic rings. The first-order valence-electron chi connectivity index (χ1n) is 13.0. The van der Waals surface area contributed by atoms with E-state index >= 15 is 0 Å². The molecule has 3 aromatic carbocycles. The first kappa shape index (κ1) is 25.5. The van der Waals surface area contributed by atoms with Crippen molar-refractivity contribution in [3.8, 4) is 5.75 Å². The first-order chi connectivity index (χ1) is 18.2. The standard InChI is InChI=1S/C31H33ClN2O3/c32-29(22-33-15-13-25(14-16-33)28-10-9-24-5-1-2-7-27(24)21-28)23-37-30-8-4-3-6-26(30)11-12-31(35)34-17-19-36-20-18-34/h1-13,21,29H,14-20,22-23H2. The fraction of sp³-hybridized carbons (Fsp3) is 0.323. The monoisotopic (exact) mass is 516 g/mol. The van der Waals surface area contributed by atoms with Gasteiger partial charge in [-0.3, -0.25) is 9.69 Å². The van der Waals surface area contributed by atoms with Crippen LogP contribution in [0.15, 0.2) is 78.9 Å². The van der Waals surface area contributed by atoms with Gasteiger partial charge < -0.3 is 14.4 Å². The van der Waals surface area contributed by atoms with E-state index in [1.54, 1.807) is 11.0 Å². The molecule has 0 radical (unpaired) electrons. The lowest BCUT2D eigenvalue weighted by Crippen LogP contribution is -2.39. The SMILES string of the molecule is O=C(C=Cc1ccccc1OCC(Cl)CN1CC=C(c2ccc3ccccc3c2)CC1)N1CCOCC1. The summed E-state index contributed by atoms with van der Waals surface area (Å²) in [7, 11) is 0. The summed E-state index contributed by atoms with van der Waals surface area (Å²) >= 11 is 6.69. The molecule has 0 aromatic heterocycles. The number of carbonyl (C=O) groups excluding carboxylic acids is 1. The number of fused-ring (bicyclic) bond motifs is 1. The topological polar surface area (TPSA) is 42.0 Å². The van der Waals surface area contributed by atoms with Crippen molar-refractivity contribution in [1.82, 2.24) is 9.80 Å². The Morgan fingerprint density at radius 1 is 1.00 bits per heavy atom. The van der Waals surface area contributed by atoms with Gasteiger partial charge in [0.05, 0.1) is 18.6 Å². The molecule has 0 N–H and O–H groups in total. The van der Waals surface area contributed by atoms with Crippen molar-refractivity contribution in [3.05, 3.63) is 90.0 Å². The number of ether oxygens (including phenoxy) is 2. The zero-order valence-electron chi connectivity index (χ0n) is 21.0. The third-order valence-electron chi connectivity index (χ3n) is 6.94. The van der Waals surface area contributed by atoms with Crippen molar-refractivity contribution in [1.29, 1.82) is 0 Å². The van der Waals surface area contributed by atoms with E-state index in [4.69, 9.17) is 21.1 Å². The van der Waals surface area contributed by atoms with Gasteiger partial charge in [-0.1, -0.05) is 60.7 Å². The summed E-state index contributed by atoms with van der Waals surface area (Å²) in [6.07, 6.45) is 6.76. The van der Waals surface area contributed by atoms with E-state index in [0.29, 0.717) is 32.9 Å². The Labute approximate surface area is 223 Å². The first-order valence-corrected chi connectivity index (χ1v) is 13.4. The van der Waals surface area contributed by atoms with Gasteiger partial charge in [-0.15, -0.1) is 11.6 Å². The molecule has 0 spiro atoms. The van der Waals surface area contributed by atoms with Gasteiger partial charge in [-0.2, -0.15) is 0 Å². The molecule has 2 aliphatic rings. The van der Waals surface area contributed by atoms with Crippen LogP contribution < -0.4 is 4.74 Å². The minimum Gasteiger partial charge on any atom is -0.491 e. The molecule has 2 heterocycles. The van der Waals surface area contributed by atoms with Crippen molar-refractivity contribution in [2.45, 2.75) is 11.8 Å². The maximum atomic E-state index is 12.5. The number of rotatable bonds is 8. The third kappa shape index (κ3) is 6.80. The number of para-hydroxylation sites is 1. The van der Waals surface area contributed by atoms with Crippen LogP contribution in [0.5, 0.6) is 5.75 Å². The molecule has 5 rings (SSSR count). The number of morpholine rings is 1. The van der Waals surface area contributed by atoms with Gasteiger partial charge in [0.1, 0.15) is 12.4 Å². The second-order valence-corrected chi connectivity index (χ2v) is 10.1. The van der Waals surface area contributed by atoms with Crippen LogP contribution in [0, 0.1) is 0 Å². The Morgan fingerprint density at radius 3 is 2.59 bits per heavy atom. The van der Waals surface area contributed by atoms with Gasteiger partial charge in [0, 0.05) is 44.4 Å². The highest BCUT2D eigenvalue weighted by Crippen LogP contribution is 2.26. The molecule has 0 saturated carbocycles. The Morgan fingerprint density at radius 2 is 1.78 bits per heavy atom. The molecule has 192 valence electrons. The van der Waals surface area contributed by atoms with Gasteiger partial charge in [0.25, 0.3) is 0 Å². The van der Waals surface area contributed by atoms with Gasteiger partial charge in [0.15, 0.2) is 0 Å². The van der Waals surface area contributed by atoms with E-state index in [1.807, 2.05) is 30.3 Å². The number of halogens is 1. The highest BCUT2D eigenvalue weighted by atomic mass is 35.5. The predicted octanol–water partition coefficient (Wildman–Crippen LogP) is 5.49. The van der Waals surface area contributed by atoms with E-state index in [0.717, 1.165) is 37.4 Å². The van der Waals surface area contributed by atoms with Gasteiger partial charge in [0.2, 0.25) is 5.91 Å². The summed E-state index contributed by atoms with van der Waals surface area (Å²) in [5.41, 5.74) is 3.58. The fourth-order valence-corrected chi connectivity index (χ4v) is 5.10. The second kappa shape index (κ2) is 12.4. The fourth-order valence-electron chi connectivity index (χ4n) is 4.84. The van der Waals surface area contributed by atoms with E-state index in [-0.39, 0.29) is 11.3 Å². The van der Waals surface area contributed by atoms with Crippen LogP contribution in [0.1, 0.15) is 17.5 Å². The van der Waals surface area contributed by atoms with E-state index in [2.05, 4.69) is 53.4 Å². The molecule has 2 aliphatic heterocycles. The molecular formula is C31H33ClN2O3. The van der Waals surface area contributed by atoms with Crippen LogP contribution in [0.25, 0.3) is 22.4 Å². The minimum atomic E-state index is -0.136. The van der Waals surface area contributed by atoms with Crippen LogP contribution in [-0.4, -0.2) is 73.6 Å². The molecule has 5 nitrogen and oxygen atoms in total. The summed E-state index contributed by atoms with van der Waals surface area (Å²) < 4.78 is 11.4. The average Bonchev–Trinajstić information content (AvgIpc) is 2.96. The Bertz CT molecular complexity index is 1280. The zero-order valence-corrected chi connectivity index (χ0v) is 21.8. The summed E-state index contributed by atoms with van der Waals surface area (Å²) in [5.74, 6) is 0.728. The van der Waals surface area contributed by atoms with Crippen molar-refractivity contribution in [3.63, 3.8) is 0 Å². The van der Waals surface area contributed by atoms with Crippen molar-refractivity contribution < 1.29 is 14.3 Å². The van der Waals surface area contributed by atoms with Crippen molar-refractivity contribution >= 4 is 39.9 Å². The summed E-state index contributed by atoms with van der Waals surface area (Å²) in [6.45, 7) is 5.47. The van der Waals surface area contributed by atoms with Crippen LogP contribution in [0.4, 0.5) is 0 Å². The van der Waals surface area contributed by atoms with Crippen LogP contribution in [0.3, 0.4) is 0 Å². The third-order valence-corrected chi connectivity index (χ3v) is 7.20. The lowest BCUT2D eigenvalue weighted by atomic mass is 9.97. The van der Waals surface area contributed by atoms with Gasteiger partial charge in [-0.05, 0) is 46.5 Å². The molecule has 37 heavy (non-hydrogen) atoms. The van der Waals surface area contributed by atoms with E-state index in [9.17, 15) is 4.79 Å². The molecule has 1 fully saturated rings. The number of amides is 1. The molecule has 1 unspecified atom stereocenters. The summed E-state index contributed by atoms with van der Waals surface area (Å²) in [4.78, 5) is 16.6. The predicted molar refractivity (Wildman–Crippen MR) is 151 cm³/mol. The van der Waals surface area contributed by atoms with E-state index < -0.39 is 0 Å². The number of carbonyl (C=O) groups is 1. The van der Waals surface area contributed by atoms with Gasteiger partial charge in [-0.25, -0.2) is 0 Å². The smallest absolute Gasteiger partial charge is 0.246 e. The highest BCUT2D eigenvalue weighted by Gasteiger charge is 2.18. The van der Waals surface area contributed by atoms with Gasteiger partial charge >= 0.3 is 0 Å². The zero-order chi connectivity index (χ0) is 25.5. The molecule has 0 aliphatic carbocycles. The second-order valence-electron chi connectivity index (χ2n) is 9.52. The van der Waals surface area contributed by atoms with Crippen LogP contribution in [-0.2, 0) is 9.53 Å². The summed E-state index contributed by atoms with van der Waals surface area (Å²) in [6, 6.07) is 22.9. The normalized spacial score (nSPS) is 17.6. The van der Waals surface area contributed by atoms with Crippen molar-refractivity contribution in [2.24, 2.45) is 0 Å². The Hall–Kier alpha value is -3.12. The average molecular weight is 517 g/mol. The minimum absolute atomic E-state index is 0.00506. The molecule has 1 atom stereocenters. The molecule has 1 saturated heterocycles. The molecule has 1 amide bonds. The number of alkyl halides is 1. The number of hydrogen-bond donors (Lipinski definition) is 0. The lowest BCUT2D eigenvalue weighted by Gasteiger charge is -2.28. The largest absolute Gasteiger partial charge is 0.491 e. The molecular weight excluding hydrogens is 484 g/mol. The van der Waals surface area contributed by atoms with Crippen LogP contribution >= 0.6 is 11.6 Å². The molecule has 6 heteroatoms. The van der Waals surface area contributed by atoms with Crippen molar-refractivity contribution in [2.75, 3.05) is 52.5 Å². The quantitative estimate of drug-likeness (QED) is 0.293. The number of hydrogen-bond acceptors (Lipinski definition) is 4.